The molecule has 0 saturated heterocycles. The summed E-state index contributed by atoms with van der Waals surface area (Å²) < 4.78 is 1.36. The lowest BCUT2D eigenvalue weighted by atomic mass is 10.3. The van der Waals surface area contributed by atoms with Gasteiger partial charge in [-0.15, -0.1) is 0 Å². The minimum Gasteiger partial charge on any atom is -0.480 e. The number of amides is 1. The van der Waals surface area contributed by atoms with Gasteiger partial charge in [-0.3, -0.25) is 9.59 Å². The number of carbonyl (C=O) groups excluding carboxylic acids is 1. The van der Waals surface area contributed by atoms with E-state index in [1.54, 1.807) is 13.8 Å². The third-order valence-electron chi connectivity index (χ3n) is 2.01. The van der Waals surface area contributed by atoms with Crippen LogP contribution in [0.3, 0.4) is 0 Å². The van der Waals surface area contributed by atoms with E-state index in [2.05, 4.69) is 10.1 Å². The van der Waals surface area contributed by atoms with Crippen LogP contribution >= 0.6 is 0 Å². The third kappa shape index (κ3) is 3.34. The van der Waals surface area contributed by atoms with Gasteiger partial charge in [0.15, 0.2) is 0 Å². The van der Waals surface area contributed by atoms with Gasteiger partial charge >= 0.3 is 5.97 Å². The molecule has 0 fully saturated rings. The largest absolute Gasteiger partial charge is 0.480 e. The second kappa shape index (κ2) is 5.24. The average Bonchev–Trinajstić information content (AvgIpc) is 2.65. The molecule has 1 aromatic heterocycles. The number of nitrogens with zero attached hydrogens (tertiary/aromatic N) is 4. The summed E-state index contributed by atoms with van der Waals surface area (Å²) in [5.41, 5.74) is 0. The first-order valence-electron chi connectivity index (χ1n) is 4.84. The Bertz CT molecular complexity index is 361. The minimum absolute atomic E-state index is 0.00542. The van der Waals surface area contributed by atoms with Gasteiger partial charge in [0.05, 0.1) is 0 Å². The van der Waals surface area contributed by atoms with E-state index in [1.165, 1.54) is 22.2 Å². The molecule has 0 bridgehead atoms. The van der Waals surface area contributed by atoms with E-state index in [1.807, 2.05) is 0 Å². The van der Waals surface area contributed by atoms with E-state index in [4.69, 9.17) is 5.11 Å². The lowest BCUT2D eigenvalue weighted by Crippen LogP contribution is -2.42. The van der Waals surface area contributed by atoms with Gasteiger partial charge in [0.25, 0.3) is 0 Å². The topological polar surface area (TPSA) is 88.3 Å². The van der Waals surface area contributed by atoms with Crippen LogP contribution in [0.25, 0.3) is 0 Å². The van der Waals surface area contributed by atoms with Crippen LogP contribution in [0, 0.1) is 0 Å². The highest BCUT2D eigenvalue weighted by atomic mass is 16.4. The third-order valence-corrected chi connectivity index (χ3v) is 2.01. The molecule has 1 aromatic rings. The highest BCUT2D eigenvalue weighted by Crippen LogP contribution is 2.00. The zero-order valence-corrected chi connectivity index (χ0v) is 9.20. The Kier molecular flexibility index (Phi) is 3.98. The summed E-state index contributed by atoms with van der Waals surface area (Å²) >= 11 is 0. The molecule has 16 heavy (non-hydrogen) atoms. The van der Waals surface area contributed by atoms with Crippen LogP contribution in [0.15, 0.2) is 12.7 Å². The number of hydrogen-bond donors (Lipinski definition) is 1. The maximum atomic E-state index is 11.8. The number of hydrogen-bond acceptors (Lipinski definition) is 4. The van der Waals surface area contributed by atoms with Crippen molar-refractivity contribution in [2.24, 2.45) is 0 Å². The standard InChI is InChI=1S/C9H14N4O3/c1-7(2)13(4-9(15)16)8(14)3-12-6-10-5-11-12/h5-7H,3-4H2,1-2H3,(H,15,16). The fourth-order valence-electron chi connectivity index (χ4n) is 1.25. The average molecular weight is 226 g/mol. The lowest BCUT2D eigenvalue weighted by Gasteiger charge is -2.24. The van der Waals surface area contributed by atoms with Gasteiger partial charge in [-0.1, -0.05) is 0 Å². The number of rotatable bonds is 5. The molecule has 0 spiro atoms. The molecule has 1 amide bonds. The molecule has 7 heteroatoms. The van der Waals surface area contributed by atoms with Gasteiger partial charge < -0.3 is 10.0 Å². The number of carbonyl (C=O) groups is 2. The zero-order valence-electron chi connectivity index (χ0n) is 9.20. The van der Waals surface area contributed by atoms with Crippen molar-refractivity contribution in [1.29, 1.82) is 0 Å². The summed E-state index contributed by atoms with van der Waals surface area (Å²) in [4.78, 5) is 27.3. The Labute approximate surface area is 92.7 Å². The molecule has 0 radical (unpaired) electrons. The van der Waals surface area contributed by atoms with Crippen LogP contribution in [0.2, 0.25) is 0 Å². The smallest absolute Gasteiger partial charge is 0.323 e. The molecule has 0 atom stereocenters. The number of aliphatic carboxylic acids is 1. The summed E-state index contributed by atoms with van der Waals surface area (Å²) in [5.74, 6) is -1.32. The molecule has 1 N–H and O–H groups in total. The van der Waals surface area contributed by atoms with Crippen LogP contribution < -0.4 is 0 Å². The Morgan fingerprint density at radius 2 is 2.19 bits per heavy atom. The monoisotopic (exact) mass is 226 g/mol. The fraction of sp³-hybridized carbons (Fsp3) is 0.556. The van der Waals surface area contributed by atoms with Crippen molar-refractivity contribution in [2.75, 3.05) is 6.54 Å². The van der Waals surface area contributed by atoms with Gasteiger partial charge in [0, 0.05) is 6.04 Å². The van der Waals surface area contributed by atoms with Crippen LogP contribution in [0.1, 0.15) is 13.8 Å². The van der Waals surface area contributed by atoms with Crippen molar-refractivity contribution in [3.05, 3.63) is 12.7 Å². The second-order valence-electron chi connectivity index (χ2n) is 3.60. The minimum atomic E-state index is -1.03. The van der Waals surface area contributed by atoms with Crippen molar-refractivity contribution in [3.63, 3.8) is 0 Å². The Morgan fingerprint density at radius 1 is 1.50 bits per heavy atom. The van der Waals surface area contributed by atoms with Crippen molar-refractivity contribution < 1.29 is 14.7 Å². The van der Waals surface area contributed by atoms with Crippen LogP contribution in [0.4, 0.5) is 0 Å². The molecule has 7 nitrogen and oxygen atoms in total. The fourth-order valence-corrected chi connectivity index (χ4v) is 1.25. The summed E-state index contributed by atoms with van der Waals surface area (Å²) in [5, 5.41) is 12.5. The van der Waals surface area contributed by atoms with Gasteiger partial charge in [-0.25, -0.2) is 9.67 Å². The maximum absolute atomic E-state index is 11.8. The second-order valence-corrected chi connectivity index (χ2v) is 3.60. The molecule has 0 aliphatic carbocycles. The van der Waals surface area contributed by atoms with E-state index in [9.17, 15) is 9.59 Å². The van der Waals surface area contributed by atoms with Crippen molar-refractivity contribution in [2.45, 2.75) is 26.4 Å². The van der Waals surface area contributed by atoms with Crippen LogP contribution in [0.5, 0.6) is 0 Å². The predicted molar refractivity (Wildman–Crippen MR) is 54.5 cm³/mol. The van der Waals surface area contributed by atoms with Crippen LogP contribution in [-0.2, 0) is 16.1 Å². The lowest BCUT2D eigenvalue weighted by molar-refractivity contribution is -0.146. The van der Waals surface area contributed by atoms with Gasteiger partial charge in [0.1, 0.15) is 25.7 Å². The molecular formula is C9H14N4O3. The van der Waals surface area contributed by atoms with Gasteiger partial charge in [0.2, 0.25) is 5.91 Å². The summed E-state index contributed by atoms with van der Waals surface area (Å²) in [6.45, 7) is 3.24. The van der Waals surface area contributed by atoms with E-state index in [-0.39, 0.29) is 25.0 Å². The molecule has 0 aliphatic heterocycles. The Morgan fingerprint density at radius 3 is 2.62 bits per heavy atom. The van der Waals surface area contributed by atoms with Crippen molar-refractivity contribution in [3.8, 4) is 0 Å². The van der Waals surface area contributed by atoms with E-state index >= 15 is 0 Å². The van der Waals surface area contributed by atoms with Gasteiger partial charge in [-0.2, -0.15) is 5.10 Å². The first-order chi connectivity index (χ1) is 7.50. The summed E-state index contributed by atoms with van der Waals surface area (Å²) in [7, 11) is 0. The van der Waals surface area contributed by atoms with Crippen molar-refractivity contribution in [1.82, 2.24) is 19.7 Å². The zero-order chi connectivity index (χ0) is 12.1. The first kappa shape index (κ1) is 12.2. The summed E-state index contributed by atoms with van der Waals surface area (Å²) in [6, 6.07) is -0.160. The maximum Gasteiger partial charge on any atom is 0.323 e. The Hall–Kier alpha value is -1.92. The SMILES string of the molecule is CC(C)N(CC(=O)O)C(=O)Cn1cncn1. The predicted octanol–water partition coefficient (Wildman–Crippen LogP) is -0.400. The molecule has 0 aromatic carbocycles. The number of aromatic nitrogens is 3. The van der Waals surface area contributed by atoms with E-state index < -0.39 is 5.97 Å². The molecule has 1 heterocycles. The summed E-state index contributed by atoms with van der Waals surface area (Å²) in [6.07, 6.45) is 2.74. The van der Waals surface area contributed by atoms with E-state index in [0.29, 0.717) is 0 Å². The van der Waals surface area contributed by atoms with Crippen molar-refractivity contribution >= 4 is 11.9 Å². The molecule has 0 aliphatic rings. The number of carboxylic acids is 1. The highest BCUT2D eigenvalue weighted by Gasteiger charge is 2.19. The first-order valence-corrected chi connectivity index (χ1v) is 4.84. The van der Waals surface area contributed by atoms with Gasteiger partial charge in [-0.05, 0) is 13.8 Å². The number of carboxylic acid groups (broad SMARTS) is 1. The molecular weight excluding hydrogens is 212 g/mol. The normalized spacial score (nSPS) is 10.4. The Balaban J connectivity index is 2.64. The van der Waals surface area contributed by atoms with Crippen LogP contribution in [-0.4, -0.2) is 49.2 Å². The molecule has 88 valence electrons. The van der Waals surface area contributed by atoms with E-state index in [0.717, 1.165) is 0 Å². The highest BCUT2D eigenvalue weighted by molar-refractivity contribution is 5.81. The molecule has 0 saturated carbocycles. The molecule has 1 rings (SSSR count). The quantitative estimate of drug-likeness (QED) is 0.738. The molecule has 0 unspecified atom stereocenters.